The quantitative estimate of drug-likeness (QED) is 0.226. The van der Waals surface area contributed by atoms with Gasteiger partial charge in [0.25, 0.3) is 17.7 Å². The van der Waals surface area contributed by atoms with Gasteiger partial charge in [-0.05, 0) is 129 Å². The van der Waals surface area contributed by atoms with Gasteiger partial charge >= 0.3 is 0 Å². The molecule has 3 aromatic carbocycles. The van der Waals surface area contributed by atoms with E-state index in [1.54, 1.807) is 0 Å². The lowest BCUT2D eigenvalue weighted by Crippen LogP contribution is -2.54. The van der Waals surface area contributed by atoms with Crippen LogP contribution in [0.1, 0.15) is 93.6 Å². The normalized spacial score (nSPS) is 22.3. The number of anilines is 2. The monoisotopic (exact) mass is 801 g/mol. The van der Waals surface area contributed by atoms with Gasteiger partial charge in [-0.2, -0.15) is 0 Å². The second kappa shape index (κ2) is 15.5. The van der Waals surface area contributed by atoms with Crippen molar-refractivity contribution in [1.82, 2.24) is 20.0 Å². The molecule has 13 heteroatoms. The number of piperidine rings is 3. The maximum atomic E-state index is 13.5. The molecule has 0 radical (unpaired) electrons. The van der Waals surface area contributed by atoms with Crippen LogP contribution in [0.2, 0.25) is 5.02 Å². The Balaban J connectivity index is 0.725. The van der Waals surface area contributed by atoms with Crippen molar-refractivity contribution in [3.63, 3.8) is 0 Å². The van der Waals surface area contributed by atoms with Gasteiger partial charge in [0, 0.05) is 80.7 Å². The van der Waals surface area contributed by atoms with Gasteiger partial charge in [0.1, 0.15) is 6.04 Å². The van der Waals surface area contributed by atoms with Crippen LogP contribution in [0, 0.1) is 17.9 Å². The van der Waals surface area contributed by atoms with Crippen molar-refractivity contribution in [3.8, 4) is 0 Å². The van der Waals surface area contributed by atoms with E-state index in [9.17, 15) is 24.0 Å². The zero-order valence-electron chi connectivity index (χ0n) is 32.7. The molecule has 12 nitrogen and oxygen atoms in total. The molecule has 5 amide bonds. The average Bonchev–Trinajstić information content (AvgIpc) is 3.76. The highest BCUT2D eigenvalue weighted by Crippen LogP contribution is 2.44. The second-order valence-electron chi connectivity index (χ2n) is 17.1. The van der Waals surface area contributed by atoms with E-state index >= 15 is 0 Å². The molecule has 300 valence electrons. The van der Waals surface area contributed by atoms with Crippen molar-refractivity contribution in [2.75, 3.05) is 62.2 Å². The topological polar surface area (TPSA) is 118 Å². The molecule has 4 fully saturated rings. The molecule has 1 unspecified atom stereocenters. The van der Waals surface area contributed by atoms with Crippen LogP contribution in [0.15, 0.2) is 54.6 Å². The first-order chi connectivity index (χ1) is 28.1. The molecule has 1 atom stereocenters. The second-order valence-corrected chi connectivity index (χ2v) is 17.5. The van der Waals surface area contributed by atoms with Crippen LogP contribution in [-0.2, 0) is 22.6 Å². The first-order valence-electron chi connectivity index (χ1n) is 20.7. The number of nitrogens with one attached hydrogen (secondary N) is 1. The summed E-state index contributed by atoms with van der Waals surface area (Å²) in [6.07, 6.45) is 7.41. The fourth-order valence-electron chi connectivity index (χ4n) is 10.1. The minimum Gasteiger partial charge on any atom is -0.371 e. The zero-order valence-corrected chi connectivity index (χ0v) is 33.4. The third kappa shape index (κ3) is 7.24. The molecule has 9 rings (SSSR count). The van der Waals surface area contributed by atoms with E-state index in [1.807, 2.05) is 47.4 Å². The van der Waals surface area contributed by atoms with Crippen LogP contribution < -0.4 is 15.1 Å². The summed E-state index contributed by atoms with van der Waals surface area (Å²) in [6, 6.07) is 16.7. The van der Waals surface area contributed by atoms with Crippen LogP contribution >= 0.6 is 11.6 Å². The van der Waals surface area contributed by atoms with E-state index in [2.05, 4.69) is 37.0 Å². The summed E-state index contributed by atoms with van der Waals surface area (Å²) >= 11 is 6.34. The van der Waals surface area contributed by atoms with Gasteiger partial charge in [0.2, 0.25) is 17.5 Å². The highest BCUT2D eigenvalue weighted by atomic mass is 35.5. The maximum Gasteiger partial charge on any atom is 0.262 e. The number of carbonyl (C=O) groups is 5. The molecule has 6 heterocycles. The number of likely N-dealkylation sites (tertiary alicyclic amines) is 1. The molecule has 0 bridgehead atoms. The summed E-state index contributed by atoms with van der Waals surface area (Å²) in [5, 5.41) is 2.77. The standard InChI is InChI=1S/C45H48ClN7O5/c1-47-38-7-6-34(26-37(38)46)52-23-16-45(28-52)14-21-50(22-15-45)33-4-2-30(3-5-33)42(56)51-19-11-29(12-20-51)10-17-49-18-13-31-24-35-36(25-32(31)27-49)44(58)53(43(35)57)39-8-9-40(54)48-41(39)55/h2-7,24-26,29,39H,8-23,27-28H2,(H,48,54,55). The van der Waals surface area contributed by atoms with Crippen LogP contribution in [0.3, 0.4) is 0 Å². The van der Waals surface area contributed by atoms with E-state index in [1.165, 1.54) is 5.69 Å². The number of amides is 5. The number of halogens is 1. The Morgan fingerprint density at radius 2 is 1.47 bits per heavy atom. The molecule has 1 spiro atoms. The molecule has 1 N–H and O–H groups in total. The Kier molecular flexibility index (Phi) is 10.2. The third-order valence-corrected chi connectivity index (χ3v) is 14.1. The molecule has 4 saturated heterocycles. The molecular weight excluding hydrogens is 754 g/mol. The van der Waals surface area contributed by atoms with E-state index in [0.29, 0.717) is 39.7 Å². The number of fused-ring (bicyclic) bond motifs is 2. The molecule has 6 aliphatic heterocycles. The minimum atomic E-state index is -0.963. The first kappa shape index (κ1) is 38.3. The Hall–Kier alpha value is -5.25. The van der Waals surface area contributed by atoms with Crippen molar-refractivity contribution < 1.29 is 24.0 Å². The van der Waals surface area contributed by atoms with Crippen LogP contribution in [-0.4, -0.2) is 103 Å². The van der Waals surface area contributed by atoms with Crippen molar-refractivity contribution >= 4 is 58.2 Å². The van der Waals surface area contributed by atoms with Crippen LogP contribution in [0.4, 0.5) is 17.1 Å². The summed E-state index contributed by atoms with van der Waals surface area (Å²) < 4.78 is 0. The van der Waals surface area contributed by atoms with Gasteiger partial charge in [-0.3, -0.25) is 39.1 Å². The lowest BCUT2D eigenvalue weighted by molar-refractivity contribution is -0.136. The summed E-state index contributed by atoms with van der Waals surface area (Å²) in [5.74, 6) is -1.27. The van der Waals surface area contributed by atoms with E-state index in [0.717, 1.165) is 125 Å². The fraction of sp³-hybridized carbons (Fsp3) is 0.467. The number of imide groups is 2. The maximum absolute atomic E-state index is 13.5. The largest absolute Gasteiger partial charge is 0.371 e. The number of rotatable bonds is 7. The predicted octanol–water partition coefficient (Wildman–Crippen LogP) is 6.09. The predicted molar refractivity (Wildman–Crippen MR) is 220 cm³/mol. The molecule has 0 aliphatic carbocycles. The Bertz CT molecular complexity index is 2220. The Morgan fingerprint density at radius 3 is 2.14 bits per heavy atom. The van der Waals surface area contributed by atoms with Crippen molar-refractivity contribution in [2.45, 2.75) is 70.4 Å². The van der Waals surface area contributed by atoms with E-state index in [4.69, 9.17) is 18.2 Å². The average molecular weight is 802 g/mol. The molecule has 0 aromatic heterocycles. The van der Waals surface area contributed by atoms with Gasteiger partial charge in [-0.25, -0.2) is 4.85 Å². The number of nitrogens with zero attached hydrogens (tertiary/aromatic N) is 6. The van der Waals surface area contributed by atoms with E-state index in [-0.39, 0.29) is 24.7 Å². The highest BCUT2D eigenvalue weighted by Gasteiger charge is 2.45. The van der Waals surface area contributed by atoms with Crippen molar-refractivity contribution in [2.24, 2.45) is 11.3 Å². The van der Waals surface area contributed by atoms with Gasteiger partial charge in [-0.1, -0.05) is 17.7 Å². The van der Waals surface area contributed by atoms with Crippen LogP contribution in [0.5, 0.6) is 0 Å². The summed E-state index contributed by atoms with van der Waals surface area (Å²) in [6.45, 7) is 15.3. The molecule has 58 heavy (non-hydrogen) atoms. The lowest BCUT2D eigenvalue weighted by atomic mass is 9.77. The minimum absolute atomic E-state index is 0.0985. The highest BCUT2D eigenvalue weighted by molar-refractivity contribution is 6.33. The van der Waals surface area contributed by atoms with Gasteiger partial charge in [-0.15, -0.1) is 0 Å². The van der Waals surface area contributed by atoms with Crippen LogP contribution in [0.25, 0.3) is 4.85 Å². The molecular formula is C45H48ClN7O5. The molecule has 0 saturated carbocycles. The SMILES string of the molecule is [C-]#[N+]c1ccc(N2CCC3(CCN(c4ccc(C(=O)N5CCC(CCN6CCc7cc8c(cc7C6)C(=O)N(C6CCC(=O)NC6=O)C8=O)CC5)cc4)CC3)C2)cc1Cl. The van der Waals surface area contributed by atoms with Crippen molar-refractivity contribution in [1.29, 1.82) is 0 Å². The fourth-order valence-corrected chi connectivity index (χ4v) is 10.4. The Morgan fingerprint density at radius 1 is 0.793 bits per heavy atom. The molecule has 3 aromatic rings. The number of hydrogen-bond donors (Lipinski definition) is 1. The summed E-state index contributed by atoms with van der Waals surface area (Å²) in [5.41, 5.74) is 6.58. The van der Waals surface area contributed by atoms with E-state index < -0.39 is 23.8 Å². The van der Waals surface area contributed by atoms with Gasteiger partial charge in [0.05, 0.1) is 17.7 Å². The first-order valence-corrected chi connectivity index (χ1v) is 21.1. The lowest BCUT2D eigenvalue weighted by Gasteiger charge is -2.40. The summed E-state index contributed by atoms with van der Waals surface area (Å²) in [4.78, 5) is 78.1. The Labute approximate surface area is 343 Å². The van der Waals surface area contributed by atoms with Gasteiger partial charge < -0.3 is 14.7 Å². The smallest absolute Gasteiger partial charge is 0.262 e. The number of benzene rings is 3. The number of hydrogen-bond acceptors (Lipinski definition) is 8. The van der Waals surface area contributed by atoms with Crippen molar-refractivity contribution in [3.05, 3.63) is 98.9 Å². The molecule has 6 aliphatic rings. The number of carbonyl (C=O) groups excluding carboxylic acids is 5. The zero-order chi connectivity index (χ0) is 40.1. The third-order valence-electron chi connectivity index (χ3n) is 13.8. The van der Waals surface area contributed by atoms with Gasteiger partial charge in [0.15, 0.2) is 0 Å². The summed E-state index contributed by atoms with van der Waals surface area (Å²) in [7, 11) is 0.